The monoisotopic (exact) mass is 325 g/mol. The average Bonchev–Trinajstić information content (AvgIpc) is 1.00. The molecule has 0 aliphatic heterocycles. The Hall–Kier alpha value is 1.11. The minimum Gasteiger partial charge on any atom is 0 e. The molecular weight excluding hydrogens is 324 g/mol. The number of hydrogen-bond donors (Lipinski definition) is 0. The van der Waals surface area contributed by atoms with Gasteiger partial charge in [-0.1, -0.05) is 0 Å². The Bertz CT molecular complexity index is 8.00. The van der Waals surface area contributed by atoms with Crippen molar-refractivity contribution in [2.24, 2.45) is 0 Å². The van der Waals surface area contributed by atoms with Crippen molar-refractivity contribution < 1.29 is 42.9 Å². The quantitative estimate of drug-likeness (QED) is 0.572. The smallest absolute Gasteiger partial charge is 0 e. The normalized spacial score (nSPS) is 1.25. The Kier molecular flexibility index (Phi) is 156. The third kappa shape index (κ3) is 11.2. The van der Waals surface area contributed by atoms with E-state index in [1.165, 1.54) is 0 Å². The molecule has 3 heteroatoms. The van der Waals surface area contributed by atoms with Crippen LogP contribution in [-0.4, -0.2) is 0 Å². The first-order valence-corrected chi connectivity index (χ1v) is 0.854. The summed E-state index contributed by atoms with van der Waals surface area (Å²) in [5, 5.41) is 0. The van der Waals surface area contributed by atoms with Gasteiger partial charge in [-0.05, 0) is 0 Å². The van der Waals surface area contributed by atoms with Gasteiger partial charge in [-0.15, -0.1) is 0 Å². The molecule has 0 aromatic heterocycles. The number of rotatable bonds is 0. The van der Waals surface area contributed by atoms with Gasteiger partial charge in [0.2, 0.25) is 0 Å². The predicted molar refractivity (Wildman–Crippen MR) is 3.93 cm³/mol. The Morgan fingerprint density at radius 1 is 1.25 bits per heavy atom. The summed E-state index contributed by atoms with van der Waals surface area (Å²) >= 11 is 1.10. The fraction of sp³-hybridized carbons (Fsp3) is 0. The summed E-state index contributed by atoms with van der Waals surface area (Å²) in [6, 6.07) is 0. The predicted octanol–water partition coefficient (Wildman–Crippen LogP) is -0.0425. The van der Waals surface area contributed by atoms with Crippen LogP contribution >= 0.6 is 0 Å². The summed E-state index contributed by atoms with van der Waals surface area (Å²) in [5.41, 5.74) is 0. The Balaban J connectivity index is -0.00000000500. The molecule has 0 fully saturated rings. The number of hydrogen-bond acceptors (Lipinski definition) is 1. The van der Waals surface area contributed by atoms with E-state index in [1.807, 2.05) is 0 Å². The fourth-order valence-electron chi connectivity index (χ4n) is 0. The van der Waals surface area contributed by atoms with Crippen LogP contribution in [0, 0.1) is 7.43 Å². The van der Waals surface area contributed by atoms with E-state index in [4.69, 9.17) is 3.57 Å². The molecule has 0 amide bonds. The van der Waals surface area contributed by atoms with E-state index in [2.05, 4.69) is 0 Å². The minimum absolute atomic E-state index is 0. The van der Waals surface area contributed by atoms with Crippen LogP contribution in [0.3, 0.4) is 0 Å². The van der Waals surface area contributed by atoms with Crippen LogP contribution in [0.15, 0.2) is 0 Å². The van der Waals surface area contributed by atoms with Gasteiger partial charge in [0.25, 0.3) is 0 Å². The van der Waals surface area contributed by atoms with Crippen LogP contribution < -0.4 is 0 Å². The molecule has 0 saturated carbocycles. The first-order chi connectivity index (χ1) is 1.00. The topological polar surface area (TPSA) is 17.1 Å². The molecule has 0 spiro atoms. The summed E-state index contributed by atoms with van der Waals surface area (Å²) in [6.45, 7) is 0. The summed E-state index contributed by atoms with van der Waals surface area (Å²) in [5.74, 6) is 0. The van der Waals surface area contributed by atoms with Crippen LogP contribution in [0.1, 0.15) is 0 Å². The molecule has 4 radical (unpaired) electrons. The van der Waals surface area contributed by atoms with Crippen molar-refractivity contribution in [3.63, 3.8) is 0 Å². The molecule has 4 heavy (non-hydrogen) atoms. The van der Waals surface area contributed by atoms with Gasteiger partial charge in [-0.2, -0.15) is 0 Å². The molecular formula is COPtRu. The van der Waals surface area contributed by atoms with Gasteiger partial charge in [-0.3, -0.25) is 0 Å². The molecule has 0 N–H and O–H groups in total. The van der Waals surface area contributed by atoms with Gasteiger partial charge in [0.05, 0.1) is 0 Å². The average molecular weight is 324 g/mol. The third-order valence-corrected chi connectivity index (χ3v) is 0. The Morgan fingerprint density at radius 2 is 1.25 bits per heavy atom. The van der Waals surface area contributed by atoms with Gasteiger partial charge in [0.15, 0.2) is 0 Å². The van der Waals surface area contributed by atoms with E-state index in [9.17, 15) is 0 Å². The van der Waals surface area contributed by atoms with Gasteiger partial charge in [0, 0.05) is 28.5 Å². The van der Waals surface area contributed by atoms with Crippen molar-refractivity contribution in [1.29, 1.82) is 0 Å². The van der Waals surface area contributed by atoms with Crippen LogP contribution in [0.4, 0.5) is 0 Å². The van der Waals surface area contributed by atoms with Crippen molar-refractivity contribution in [3.05, 3.63) is 7.43 Å². The molecule has 28 valence electrons. The maximum atomic E-state index is 8.18. The first kappa shape index (κ1) is 19.4. The standard InChI is InChI=1S/C.O.Pt.Ru. The maximum Gasteiger partial charge on any atom is 0 e. The second kappa shape index (κ2) is 32.2. The molecule has 1 nitrogen and oxygen atoms in total. The molecule has 0 rings (SSSR count). The third-order valence-electron chi connectivity index (χ3n) is 0. The van der Waals surface area contributed by atoms with Crippen LogP contribution in [0.5, 0.6) is 0 Å². The molecule has 0 aliphatic carbocycles. The zero-order valence-corrected chi connectivity index (χ0v) is 5.59. The molecule has 0 heterocycles. The van der Waals surface area contributed by atoms with Crippen molar-refractivity contribution in [3.8, 4) is 0 Å². The molecule has 0 aromatic rings. The van der Waals surface area contributed by atoms with Crippen LogP contribution in [-0.2, 0) is 42.9 Å². The van der Waals surface area contributed by atoms with E-state index in [1.54, 1.807) is 0 Å². The Morgan fingerprint density at radius 3 is 1.25 bits per heavy atom. The minimum atomic E-state index is 0. The van der Waals surface area contributed by atoms with Crippen molar-refractivity contribution >= 4 is 0 Å². The van der Waals surface area contributed by atoms with Gasteiger partial charge >= 0.3 is 21.8 Å². The van der Waals surface area contributed by atoms with E-state index in [0.29, 0.717) is 0 Å². The van der Waals surface area contributed by atoms with E-state index in [-0.39, 0.29) is 28.5 Å². The second-order valence-corrected chi connectivity index (χ2v) is 0. The van der Waals surface area contributed by atoms with Gasteiger partial charge < -0.3 is 0 Å². The largest absolute Gasteiger partial charge is 0 e. The summed E-state index contributed by atoms with van der Waals surface area (Å²) in [7, 11) is 0. The SMILES string of the molecule is [C].[O]=[Ru].[Pt]. The fourth-order valence-corrected chi connectivity index (χ4v) is 0. The molecule has 0 atom stereocenters. The molecule has 0 saturated heterocycles. The summed E-state index contributed by atoms with van der Waals surface area (Å²) in [6.07, 6.45) is 0. The molecule has 0 aromatic carbocycles. The first-order valence-electron chi connectivity index (χ1n) is 0.144. The van der Waals surface area contributed by atoms with Crippen molar-refractivity contribution in [2.45, 2.75) is 0 Å². The van der Waals surface area contributed by atoms with Gasteiger partial charge in [-0.25, -0.2) is 0 Å². The molecule has 0 aliphatic rings. The van der Waals surface area contributed by atoms with E-state index < -0.39 is 0 Å². The van der Waals surface area contributed by atoms with E-state index in [0.717, 1.165) is 18.3 Å². The second-order valence-electron chi connectivity index (χ2n) is 0. The zero-order chi connectivity index (χ0) is 2.00. The van der Waals surface area contributed by atoms with Crippen LogP contribution in [0.2, 0.25) is 0 Å². The molecule has 0 unspecified atom stereocenters. The zero-order valence-electron chi connectivity index (χ0n) is 1.58. The molecule has 0 bridgehead atoms. The summed E-state index contributed by atoms with van der Waals surface area (Å²) < 4.78 is 8.18. The van der Waals surface area contributed by atoms with Crippen molar-refractivity contribution in [1.82, 2.24) is 0 Å². The summed E-state index contributed by atoms with van der Waals surface area (Å²) in [4.78, 5) is 0. The van der Waals surface area contributed by atoms with E-state index >= 15 is 0 Å². The maximum absolute atomic E-state index is 8.18. The van der Waals surface area contributed by atoms with Gasteiger partial charge in [0.1, 0.15) is 0 Å². The Labute approximate surface area is 50.4 Å². The van der Waals surface area contributed by atoms with Crippen molar-refractivity contribution in [2.75, 3.05) is 0 Å². The van der Waals surface area contributed by atoms with Crippen LogP contribution in [0.25, 0.3) is 0 Å².